The van der Waals surface area contributed by atoms with Gasteiger partial charge in [-0.1, -0.05) is 48.8 Å². The molecule has 3 heteroatoms. The van der Waals surface area contributed by atoms with E-state index in [9.17, 15) is 0 Å². The van der Waals surface area contributed by atoms with Gasteiger partial charge in [0.25, 0.3) is 0 Å². The fraction of sp³-hybridized carbons (Fsp3) is 0.389. The third-order valence-electron chi connectivity index (χ3n) is 3.39. The SMILES string of the molecule is Cc1ccc(C(C)(C)C)c(Oc2ncc(CBr)cc2C)c1. The summed E-state index contributed by atoms with van der Waals surface area (Å²) < 4.78 is 6.12. The first kappa shape index (κ1) is 16.0. The zero-order valence-corrected chi connectivity index (χ0v) is 14.9. The van der Waals surface area contributed by atoms with Crippen molar-refractivity contribution in [1.82, 2.24) is 4.98 Å². The van der Waals surface area contributed by atoms with Gasteiger partial charge >= 0.3 is 0 Å². The predicted molar refractivity (Wildman–Crippen MR) is 91.6 cm³/mol. The molecule has 2 aromatic rings. The van der Waals surface area contributed by atoms with Crippen molar-refractivity contribution in [2.24, 2.45) is 0 Å². The Morgan fingerprint density at radius 2 is 1.86 bits per heavy atom. The maximum atomic E-state index is 6.12. The highest BCUT2D eigenvalue weighted by Gasteiger charge is 2.20. The molecule has 0 atom stereocenters. The molecule has 21 heavy (non-hydrogen) atoms. The number of aromatic nitrogens is 1. The zero-order valence-electron chi connectivity index (χ0n) is 13.3. The van der Waals surface area contributed by atoms with Gasteiger partial charge in [-0.15, -0.1) is 0 Å². The molecule has 1 aromatic heterocycles. The van der Waals surface area contributed by atoms with E-state index in [4.69, 9.17) is 4.74 Å². The number of aryl methyl sites for hydroxylation is 2. The molecule has 0 radical (unpaired) electrons. The molecule has 2 rings (SSSR count). The molecule has 0 bridgehead atoms. The fourth-order valence-electron chi connectivity index (χ4n) is 2.24. The van der Waals surface area contributed by atoms with E-state index in [1.54, 1.807) is 0 Å². The number of nitrogens with zero attached hydrogens (tertiary/aromatic N) is 1. The Balaban J connectivity index is 2.41. The molecule has 112 valence electrons. The lowest BCUT2D eigenvalue weighted by Crippen LogP contribution is -2.13. The Bertz CT molecular complexity index is 644. The molecule has 0 aliphatic rings. The molecule has 0 aliphatic carbocycles. The minimum atomic E-state index is 0.0345. The second kappa shape index (κ2) is 6.18. The molecular weight excluding hydrogens is 326 g/mol. The van der Waals surface area contributed by atoms with E-state index < -0.39 is 0 Å². The third-order valence-corrected chi connectivity index (χ3v) is 4.04. The number of alkyl halides is 1. The van der Waals surface area contributed by atoms with E-state index in [-0.39, 0.29) is 5.41 Å². The van der Waals surface area contributed by atoms with Gasteiger partial charge in [-0.3, -0.25) is 0 Å². The maximum absolute atomic E-state index is 6.12. The van der Waals surface area contributed by atoms with Crippen LogP contribution >= 0.6 is 15.9 Å². The number of ether oxygens (including phenoxy) is 1. The lowest BCUT2D eigenvalue weighted by atomic mass is 9.86. The molecule has 0 unspecified atom stereocenters. The average Bonchev–Trinajstić information content (AvgIpc) is 2.39. The Morgan fingerprint density at radius 1 is 1.14 bits per heavy atom. The molecule has 0 aliphatic heterocycles. The fourth-order valence-corrected chi connectivity index (χ4v) is 2.54. The molecule has 0 saturated carbocycles. The number of halogens is 1. The topological polar surface area (TPSA) is 22.1 Å². The van der Waals surface area contributed by atoms with Gasteiger partial charge in [0.2, 0.25) is 5.88 Å². The molecule has 0 saturated heterocycles. The van der Waals surface area contributed by atoms with Crippen LogP contribution in [0, 0.1) is 13.8 Å². The van der Waals surface area contributed by atoms with Gasteiger partial charge in [0.1, 0.15) is 5.75 Å². The van der Waals surface area contributed by atoms with Crippen molar-refractivity contribution in [3.05, 3.63) is 52.7 Å². The largest absolute Gasteiger partial charge is 0.438 e. The lowest BCUT2D eigenvalue weighted by molar-refractivity contribution is 0.436. The second-order valence-electron chi connectivity index (χ2n) is 6.45. The number of hydrogen-bond acceptors (Lipinski definition) is 2. The molecular formula is C18H22BrNO. The Morgan fingerprint density at radius 3 is 2.43 bits per heavy atom. The summed E-state index contributed by atoms with van der Waals surface area (Å²) in [6.45, 7) is 10.7. The molecule has 2 nitrogen and oxygen atoms in total. The van der Waals surface area contributed by atoms with Crippen LogP contribution in [0.1, 0.15) is 43.0 Å². The van der Waals surface area contributed by atoms with Crippen LogP contribution in [0.5, 0.6) is 11.6 Å². The van der Waals surface area contributed by atoms with Gasteiger partial charge in [0, 0.05) is 22.7 Å². The standard InChI is InChI=1S/C18H22BrNO/c1-12-6-7-15(18(3,4)5)16(8-12)21-17-13(2)9-14(10-19)11-20-17/h6-9,11H,10H2,1-5H3. The molecule has 0 amide bonds. The summed E-state index contributed by atoms with van der Waals surface area (Å²) in [6, 6.07) is 8.46. The number of benzene rings is 1. The first-order chi connectivity index (χ1) is 9.81. The van der Waals surface area contributed by atoms with Gasteiger partial charge in [-0.2, -0.15) is 0 Å². The van der Waals surface area contributed by atoms with Crippen molar-refractivity contribution in [1.29, 1.82) is 0 Å². The Kier molecular flexibility index (Phi) is 4.72. The highest BCUT2D eigenvalue weighted by atomic mass is 79.9. The van der Waals surface area contributed by atoms with Gasteiger partial charge in [-0.25, -0.2) is 4.98 Å². The van der Waals surface area contributed by atoms with Gasteiger partial charge in [0.15, 0.2) is 0 Å². The Labute approximate surface area is 135 Å². The molecule has 0 fully saturated rings. The summed E-state index contributed by atoms with van der Waals surface area (Å²) in [7, 11) is 0. The van der Waals surface area contributed by atoms with Crippen LogP contribution in [0.3, 0.4) is 0 Å². The zero-order chi connectivity index (χ0) is 15.6. The second-order valence-corrected chi connectivity index (χ2v) is 7.01. The van der Waals surface area contributed by atoms with Gasteiger partial charge in [-0.05, 0) is 42.5 Å². The van der Waals surface area contributed by atoms with E-state index >= 15 is 0 Å². The quantitative estimate of drug-likeness (QED) is 0.666. The minimum absolute atomic E-state index is 0.0345. The highest BCUT2D eigenvalue weighted by Crippen LogP contribution is 2.35. The summed E-state index contributed by atoms with van der Waals surface area (Å²) in [6.07, 6.45) is 1.85. The average molecular weight is 348 g/mol. The molecule has 1 heterocycles. The van der Waals surface area contributed by atoms with Crippen LogP contribution < -0.4 is 4.74 Å². The van der Waals surface area contributed by atoms with Crippen molar-refractivity contribution in [2.45, 2.75) is 45.4 Å². The van der Waals surface area contributed by atoms with E-state index in [2.05, 4.69) is 72.9 Å². The summed E-state index contributed by atoms with van der Waals surface area (Å²) in [4.78, 5) is 4.44. The van der Waals surface area contributed by atoms with Crippen molar-refractivity contribution < 1.29 is 4.74 Å². The maximum Gasteiger partial charge on any atom is 0.222 e. The number of hydrogen-bond donors (Lipinski definition) is 0. The lowest BCUT2D eigenvalue weighted by Gasteiger charge is -2.23. The smallest absolute Gasteiger partial charge is 0.222 e. The van der Waals surface area contributed by atoms with E-state index in [1.165, 1.54) is 11.1 Å². The van der Waals surface area contributed by atoms with Crippen LogP contribution in [0.4, 0.5) is 0 Å². The molecule has 1 aromatic carbocycles. The summed E-state index contributed by atoms with van der Waals surface area (Å²) in [5, 5.41) is 0.804. The monoisotopic (exact) mass is 347 g/mol. The van der Waals surface area contributed by atoms with Crippen LogP contribution in [0.25, 0.3) is 0 Å². The predicted octanol–water partition coefficient (Wildman–Crippen LogP) is 5.68. The van der Waals surface area contributed by atoms with E-state index in [1.807, 2.05) is 13.1 Å². The van der Waals surface area contributed by atoms with Crippen molar-refractivity contribution >= 4 is 15.9 Å². The van der Waals surface area contributed by atoms with Crippen molar-refractivity contribution in [3.8, 4) is 11.6 Å². The summed E-state index contributed by atoms with van der Waals surface area (Å²) in [5.74, 6) is 1.57. The normalized spacial score (nSPS) is 11.5. The van der Waals surface area contributed by atoms with Crippen molar-refractivity contribution in [3.63, 3.8) is 0 Å². The number of rotatable bonds is 3. The van der Waals surface area contributed by atoms with Gasteiger partial charge < -0.3 is 4.74 Å². The third kappa shape index (κ3) is 3.85. The first-order valence-electron chi connectivity index (χ1n) is 7.11. The van der Waals surface area contributed by atoms with Crippen LogP contribution in [0.15, 0.2) is 30.5 Å². The van der Waals surface area contributed by atoms with Crippen LogP contribution in [-0.2, 0) is 10.7 Å². The summed E-state index contributed by atoms with van der Waals surface area (Å²) >= 11 is 3.45. The highest BCUT2D eigenvalue weighted by molar-refractivity contribution is 9.08. The van der Waals surface area contributed by atoms with Gasteiger partial charge in [0.05, 0.1) is 0 Å². The van der Waals surface area contributed by atoms with Crippen LogP contribution in [-0.4, -0.2) is 4.98 Å². The Hall–Kier alpha value is -1.35. The van der Waals surface area contributed by atoms with E-state index in [0.29, 0.717) is 5.88 Å². The van der Waals surface area contributed by atoms with Crippen LogP contribution in [0.2, 0.25) is 0 Å². The molecule has 0 N–H and O–H groups in total. The summed E-state index contributed by atoms with van der Waals surface area (Å²) in [5.41, 5.74) is 4.62. The first-order valence-corrected chi connectivity index (χ1v) is 8.24. The van der Waals surface area contributed by atoms with Crippen molar-refractivity contribution in [2.75, 3.05) is 0 Å². The number of pyridine rings is 1. The molecule has 0 spiro atoms. The van der Waals surface area contributed by atoms with E-state index in [0.717, 1.165) is 22.2 Å². The minimum Gasteiger partial charge on any atom is -0.438 e.